The fraction of sp³-hybridized carbons (Fsp3) is 0.733. The minimum Gasteiger partial charge on any atom is -0.466 e. The molecule has 36 heavy (non-hydrogen) atoms. The number of fused-ring (bicyclic) bond motifs is 4. The van der Waals surface area contributed by atoms with Gasteiger partial charge in [0.05, 0.1) is 19.6 Å². The molecule has 4 saturated carbocycles. The molecular formula is C30H42O6. The fourth-order valence-corrected chi connectivity index (χ4v) is 7.79. The summed E-state index contributed by atoms with van der Waals surface area (Å²) in [6, 6.07) is 0. The highest BCUT2D eigenvalue weighted by Gasteiger charge is 2.66. The standard InChI is InChI=1S/C30H42O6/c1-9-35-22(31)17-30(25(34)36-10-2,15-18-20-11-13-28(7,23(18)32)26(20,3)4)16-19-21-12-14-29(8,24(19)33)27(21,5)6/h15-16,20-21H,9-14,17H2,1-8H3/b18-15-,19-16-. The van der Waals surface area contributed by atoms with Gasteiger partial charge in [0, 0.05) is 10.8 Å². The van der Waals surface area contributed by atoms with Crippen LogP contribution in [0.15, 0.2) is 23.3 Å². The zero-order valence-electron chi connectivity index (χ0n) is 23.2. The number of Topliss-reactive ketones (excluding diaryl/α,β-unsaturated/α-hetero) is 2. The van der Waals surface area contributed by atoms with Crippen LogP contribution in [0, 0.1) is 38.9 Å². The summed E-state index contributed by atoms with van der Waals surface area (Å²) in [5.41, 5.74) is -1.95. The number of carbonyl (C=O) groups is 4. The van der Waals surface area contributed by atoms with Gasteiger partial charge in [-0.05, 0) is 73.3 Å². The summed E-state index contributed by atoms with van der Waals surface area (Å²) in [7, 11) is 0. The Morgan fingerprint density at radius 2 is 1.22 bits per heavy atom. The summed E-state index contributed by atoms with van der Waals surface area (Å²) in [5, 5.41) is 0. The molecule has 4 bridgehead atoms. The Hall–Kier alpha value is -2.24. The lowest BCUT2D eigenvalue weighted by Crippen LogP contribution is -2.36. The predicted octanol–water partition coefficient (Wildman–Crippen LogP) is 5.39. The molecular weight excluding hydrogens is 456 g/mol. The average molecular weight is 499 g/mol. The van der Waals surface area contributed by atoms with E-state index in [-0.39, 0.29) is 53.9 Å². The van der Waals surface area contributed by atoms with E-state index in [4.69, 9.17) is 9.47 Å². The first kappa shape index (κ1) is 26.8. The van der Waals surface area contributed by atoms with E-state index < -0.39 is 28.2 Å². The maximum Gasteiger partial charge on any atom is 0.320 e. The van der Waals surface area contributed by atoms with Crippen molar-refractivity contribution in [3.05, 3.63) is 23.3 Å². The van der Waals surface area contributed by atoms with Crippen LogP contribution in [0.2, 0.25) is 0 Å². The van der Waals surface area contributed by atoms with Crippen molar-refractivity contribution < 1.29 is 28.7 Å². The maximum absolute atomic E-state index is 13.7. The Morgan fingerprint density at radius 1 is 0.806 bits per heavy atom. The summed E-state index contributed by atoms with van der Waals surface area (Å²) in [4.78, 5) is 54.1. The minimum atomic E-state index is -1.58. The molecule has 0 amide bonds. The largest absolute Gasteiger partial charge is 0.466 e. The van der Waals surface area contributed by atoms with Crippen LogP contribution in [0.3, 0.4) is 0 Å². The fourth-order valence-electron chi connectivity index (χ4n) is 7.79. The number of ether oxygens (including phenoxy) is 2. The molecule has 6 nitrogen and oxygen atoms in total. The molecule has 4 aliphatic rings. The molecule has 0 N–H and O–H groups in total. The van der Waals surface area contributed by atoms with Crippen molar-refractivity contribution in [3.8, 4) is 0 Å². The Balaban J connectivity index is 1.93. The van der Waals surface area contributed by atoms with Crippen LogP contribution in [0.1, 0.15) is 87.5 Å². The molecule has 4 unspecified atom stereocenters. The normalized spacial score (nSPS) is 37.6. The van der Waals surface area contributed by atoms with Crippen LogP contribution in [0.4, 0.5) is 0 Å². The number of ketones is 2. The Kier molecular flexibility index (Phi) is 6.25. The first-order valence-electron chi connectivity index (χ1n) is 13.5. The second-order valence-electron chi connectivity index (χ2n) is 12.9. The molecule has 0 aromatic heterocycles. The number of carbonyl (C=O) groups excluding carboxylic acids is 4. The van der Waals surface area contributed by atoms with Gasteiger partial charge in [-0.3, -0.25) is 19.2 Å². The first-order valence-corrected chi connectivity index (χ1v) is 13.5. The van der Waals surface area contributed by atoms with Crippen LogP contribution >= 0.6 is 0 Å². The molecule has 4 atom stereocenters. The van der Waals surface area contributed by atoms with Crippen molar-refractivity contribution in [2.75, 3.05) is 13.2 Å². The summed E-state index contributed by atoms with van der Waals surface area (Å²) < 4.78 is 10.8. The lowest BCUT2D eigenvalue weighted by molar-refractivity contribution is -0.156. The quantitative estimate of drug-likeness (QED) is 0.345. The van der Waals surface area contributed by atoms with E-state index in [9.17, 15) is 19.2 Å². The summed E-state index contributed by atoms with van der Waals surface area (Å²) in [5.74, 6) is -1.14. The highest BCUT2D eigenvalue weighted by Crippen LogP contribution is 2.67. The molecule has 0 aromatic carbocycles. The molecule has 4 rings (SSSR count). The average Bonchev–Trinajstić information content (AvgIpc) is 3.27. The molecule has 4 fully saturated rings. The van der Waals surface area contributed by atoms with E-state index in [0.29, 0.717) is 11.1 Å². The Labute approximate surface area is 215 Å². The van der Waals surface area contributed by atoms with Crippen LogP contribution in [0.5, 0.6) is 0 Å². The SMILES string of the molecule is CCOC(=O)CC(/C=C1\C(=O)C2(C)CCC1C2(C)C)(/C=C1\C(=O)C2(C)CCC1C2(C)C)C(=O)OCC. The second-order valence-corrected chi connectivity index (χ2v) is 12.9. The van der Waals surface area contributed by atoms with Gasteiger partial charge in [-0.2, -0.15) is 0 Å². The lowest BCUT2D eigenvalue weighted by atomic mass is 9.70. The molecule has 4 aliphatic carbocycles. The van der Waals surface area contributed by atoms with Gasteiger partial charge in [0.2, 0.25) is 0 Å². The molecule has 0 saturated heterocycles. The van der Waals surface area contributed by atoms with Crippen molar-refractivity contribution in [2.45, 2.75) is 87.5 Å². The van der Waals surface area contributed by atoms with Crippen LogP contribution in [-0.4, -0.2) is 36.7 Å². The molecule has 0 aliphatic heterocycles. The molecule has 0 aromatic rings. The van der Waals surface area contributed by atoms with Gasteiger partial charge >= 0.3 is 11.9 Å². The van der Waals surface area contributed by atoms with E-state index in [1.165, 1.54) is 0 Å². The third-order valence-corrected chi connectivity index (χ3v) is 11.0. The van der Waals surface area contributed by atoms with Gasteiger partial charge < -0.3 is 9.47 Å². The van der Waals surface area contributed by atoms with Crippen molar-refractivity contribution in [1.82, 2.24) is 0 Å². The van der Waals surface area contributed by atoms with E-state index in [1.807, 2.05) is 13.8 Å². The van der Waals surface area contributed by atoms with E-state index in [2.05, 4.69) is 27.7 Å². The van der Waals surface area contributed by atoms with E-state index in [1.54, 1.807) is 26.0 Å². The van der Waals surface area contributed by atoms with Gasteiger partial charge in [-0.25, -0.2) is 0 Å². The van der Waals surface area contributed by atoms with Crippen molar-refractivity contribution in [3.63, 3.8) is 0 Å². The number of esters is 2. The van der Waals surface area contributed by atoms with Crippen molar-refractivity contribution >= 4 is 23.5 Å². The number of rotatable bonds is 7. The predicted molar refractivity (Wildman–Crippen MR) is 136 cm³/mol. The Morgan fingerprint density at radius 3 is 1.56 bits per heavy atom. The summed E-state index contributed by atoms with van der Waals surface area (Å²) in [6.45, 7) is 16.2. The third kappa shape index (κ3) is 3.35. The van der Waals surface area contributed by atoms with Crippen LogP contribution in [-0.2, 0) is 28.7 Å². The molecule has 0 heterocycles. The van der Waals surface area contributed by atoms with Gasteiger partial charge in [-0.15, -0.1) is 0 Å². The van der Waals surface area contributed by atoms with Gasteiger partial charge in [0.1, 0.15) is 5.41 Å². The second kappa shape index (κ2) is 8.39. The minimum absolute atomic E-state index is 0.0194. The van der Waals surface area contributed by atoms with Gasteiger partial charge in [0.25, 0.3) is 0 Å². The van der Waals surface area contributed by atoms with Crippen molar-refractivity contribution in [1.29, 1.82) is 0 Å². The van der Waals surface area contributed by atoms with E-state index in [0.717, 1.165) is 25.7 Å². The highest BCUT2D eigenvalue weighted by molar-refractivity contribution is 6.07. The smallest absolute Gasteiger partial charge is 0.320 e. The number of allylic oxidation sites excluding steroid dienone is 2. The molecule has 0 spiro atoms. The molecule has 0 radical (unpaired) electrons. The first-order chi connectivity index (χ1) is 16.6. The Bertz CT molecular complexity index is 1010. The third-order valence-electron chi connectivity index (χ3n) is 11.0. The zero-order valence-corrected chi connectivity index (χ0v) is 23.2. The number of hydrogen-bond donors (Lipinski definition) is 0. The van der Waals surface area contributed by atoms with E-state index >= 15 is 0 Å². The lowest BCUT2D eigenvalue weighted by Gasteiger charge is -2.31. The summed E-state index contributed by atoms with van der Waals surface area (Å²) >= 11 is 0. The van der Waals surface area contributed by atoms with Crippen LogP contribution in [0.25, 0.3) is 0 Å². The van der Waals surface area contributed by atoms with Crippen molar-refractivity contribution in [2.24, 2.45) is 38.9 Å². The van der Waals surface area contributed by atoms with Crippen LogP contribution < -0.4 is 0 Å². The maximum atomic E-state index is 13.7. The number of hydrogen-bond acceptors (Lipinski definition) is 6. The highest BCUT2D eigenvalue weighted by atomic mass is 16.5. The molecule has 198 valence electrons. The van der Waals surface area contributed by atoms with Gasteiger partial charge in [-0.1, -0.05) is 53.7 Å². The zero-order chi connectivity index (χ0) is 26.9. The molecule has 6 heteroatoms. The monoisotopic (exact) mass is 498 g/mol. The van der Waals surface area contributed by atoms with Gasteiger partial charge in [0.15, 0.2) is 11.6 Å². The topological polar surface area (TPSA) is 86.7 Å². The summed E-state index contributed by atoms with van der Waals surface area (Å²) in [6.07, 6.45) is 6.37.